The Kier molecular flexibility index (Phi) is 3.84. The summed E-state index contributed by atoms with van der Waals surface area (Å²) in [7, 11) is 0. The van der Waals surface area contributed by atoms with Gasteiger partial charge in [-0.25, -0.2) is 0 Å². The summed E-state index contributed by atoms with van der Waals surface area (Å²) in [5, 5.41) is 3.02. The molecular weight excluding hydrogens is 286 g/mol. The summed E-state index contributed by atoms with van der Waals surface area (Å²) >= 11 is 1.54. The van der Waals surface area contributed by atoms with E-state index < -0.39 is 0 Å². The molecule has 1 aromatic carbocycles. The van der Waals surface area contributed by atoms with Crippen molar-refractivity contribution < 1.29 is 14.3 Å². The molecule has 4 nitrogen and oxygen atoms in total. The molecule has 1 amide bonds. The van der Waals surface area contributed by atoms with Gasteiger partial charge in [-0.2, -0.15) is 0 Å². The van der Waals surface area contributed by atoms with E-state index in [-0.39, 0.29) is 18.7 Å². The number of carbonyl (C=O) groups is 1. The number of aryl methyl sites for hydroxylation is 1. The van der Waals surface area contributed by atoms with Crippen molar-refractivity contribution in [3.63, 3.8) is 0 Å². The normalized spacial score (nSPS) is 14.0. The fourth-order valence-corrected chi connectivity index (χ4v) is 3.07. The summed E-state index contributed by atoms with van der Waals surface area (Å²) in [6, 6.07) is 9.54. The molecule has 0 bridgehead atoms. The maximum absolute atomic E-state index is 12.2. The van der Waals surface area contributed by atoms with Crippen LogP contribution in [0, 0.1) is 0 Å². The van der Waals surface area contributed by atoms with Gasteiger partial charge in [-0.3, -0.25) is 4.79 Å². The third kappa shape index (κ3) is 2.88. The van der Waals surface area contributed by atoms with E-state index >= 15 is 0 Å². The molecule has 1 aliphatic rings. The molecule has 2 heterocycles. The van der Waals surface area contributed by atoms with Crippen LogP contribution in [0.4, 0.5) is 0 Å². The van der Waals surface area contributed by atoms with E-state index in [2.05, 4.69) is 12.2 Å². The highest BCUT2D eigenvalue weighted by molar-refractivity contribution is 7.14. The minimum atomic E-state index is -0.0841. The lowest BCUT2D eigenvalue weighted by molar-refractivity contribution is 0.0944. The monoisotopic (exact) mass is 303 g/mol. The number of carbonyl (C=O) groups excluding carboxylic acids is 1. The third-order valence-electron chi connectivity index (χ3n) is 3.48. The molecule has 0 unspecified atom stereocenters. The number of hydrogen-bond donors (Lipinski definition) is 1. The SMILES string of the molecule is CCc1ccc(C(=O)N[C@@H](C)c2ccc3c(c2)OCO3)s1. The molecule has 0 radical (unpaired) electrons. The number of thiophene rings is 1. The maximum atomic E-state index is 12.2. The first kappa shape index (κ1) is 13.9. The predicted octanol–water partition coefficient (Wildman–Crippen LogP) is 3.53. The lowest BCUT2D eigenvalue weighted by Crippen LogP contribution is -2.25. The Morgan fingerprint density at radius 1 is 1.29 bits per heavy atom. The first-order chi connectivity index (χ1) is 10.2. The highest BCUT2D eigenvalue weighted by Crippen LogP contribution is 2.34. The van der Waals surface area contributed by atoms with E-state index in [0.717, 1.165) is 28.4 Å². The number of amides is 1. The topological polar surface area (TPSA) is 47.6 Å². The Hall–Kier alpha value is -2.01. The lowest BCUT2D eigenvalue weighted by atomic mass is 10.1. The van der Waals surface area contributed by atoms with Crippen molar-refractivity contribution in [3.8, 4) is 11.5 Å². The van der Waals surface area contributed by atoms with Crippen LogP contribution in [0.1, 0.15) is 40.0 Å². The molecule has 2 aromatic rings. The Morgan fingerprint density at radius 2 is 2.10 bits per heavy atom. The second-order valence-electron chi connectivity index (χ2n) is 4.93. The first-order valence-corrected chi connectivity index (χ1v) is 7.78. The van der Waals surface area contributed by atoms with Crippen molar-refractivity contribution >= 4 is 17.2 Å². The fraction of sp³-hybridized carbons (Fsp3) is 0.312. The van der Waals surface area contributed by atoms with Crippen molar-refractivity contribution in [2.24, 2.45) is 0 Å². The number of hydrogen-bond acceptors (Lipinski definition) is 4. The minimum Gasteiger partial charge on any atom is -0.454 e. The minimum absolute atomic E-state index is 0.0372. The third-order valence-corrected chi connectivity index (χ3v) is 4.71. The van der Waals surface area contributed by atoms with E-state index in [9.17, 15) is 4.79 Å². The van der Waals surface area contributed by atoms with Crippen LogP contribution in [-0.4, -0.2) is 12.7 Å². The van der Waals surface area contributed by atoms with Crippen molar-refractivity contribution in [1.29, 1.82) is 0 Å². The zero-order valence-corrected chi connectivity index (χ0v) is 12.8. The van der Waals surface area contributed by atoms with Gasteiger partial charge >= 0.3 is 0 Å². The molecule has 1 atom stereocenters. The van der Waals surface area contributed by atoms with Crippen LogP contribution in [0.5, 0.6) is 11.5 Å². The van der Waals surface area contributed by atoms with Gasteiger partial charge in [0.25, 0.3) is 5.91 Å². The Labute approximate surface area is 127 Å². The Bertz CT molecular complexity index is 665. The highest BCUT2D eigenvalue weighted by Gasteiger charge is 2.17. The lowest BCUT2D eigenvalue weighted by Gasteiger charge is -2.14. The van der Waals surface area contributed by atoms with Gasteiger partial charge in [0.15, 0.2) is 11.5 Å². The summed E-state index contributed by atoms with van der Waals surface area (Å²) in [5.74, 6) is 1.45. The molecule has 1 N–H and O–H groups in total. The van der Waals surface area contributed by atoms with E-state index in [0.29, 0.717) is 0 Å². The van der Waals surface area contributed by atoms with Gasteiger partial charge in [-0.15, -0.1) is 11.3 Å². The van der Waals surface area contributed by atoms with Gasteiger partial charge < -0.3 is 14.8 Å². The standard InChI is InChI=1S/C16H17NO3S/c1-3-12-5-7-15(21-12)16(18)17-10(2)11-4-6-13-14(8-11)20-9-19-13/h4-8,10H,3,9H2,1-2H3,(H,17,18)/t10-/m0/s1. The summed E-state index contributed by atoms with van der Waals surface area (Å²) in [4.78, 5) is 14.2. The van der Waals surface area contributed by atoms with E-state index in [1.807, 2.05) is 37.3 Å². The number of nitrogens with one attached hydrogen (secondary N) is 1. The van der Waals surface area contributed by atoms with Crippen LogP contribution < -0.4 is 14.8 Å². The molecule has 1 aromatic heterocycles. The number of ether oxygens (including phenoxy) is 2. The van der Waals surface area contributed by atoms with Gasteiger partial charge in [-0.1, -0.05) is 13.0 Å². The molecular formula is C16H17NO3S. The van der Waals surface area contributed by atoms with E-state index in [4.69, 9.17) is 9.47 Å². The fourth-order valence-electron chi connectivity index (χ4n) is 2.22. The second kappa shape index (κ2) is 5.77. The van der Waals surface area contributed by atoms with Crippen LogP contribution in [0.25, 0.3) is 0 Å². The Balaban J connectivity index is 1.70. The zero-order valence-electron chi connectivity index (χ0n) is 12.0. The largest absolute Gasteiger partial charge is 0.454 e. The highest BCUT2D eigenvalue weighted by atomic mass is 32.1. The molecule has 5 heteroatoms. The van der Waals surface area contributed by atoms with Crippen LogP contribution in [-0.2, 0) is 6.42 Å². The molecule has 3 rings (SSSR count). The molecule has 1 aliphatic heterocycles. The maximum Gasteiger partial charge on any atom is 0.261 e. The van der Waals surface area contributed by atoms with Crippen molar-refractivity contribution in [2.75, 3.05) is 6.79 Å². The van der Waals surface area contributed by atoms with Crippen molar-refractivity contribution in [2.45, 2.75) is 26.3 Å². The summed E-state index contributed by atoms with van der Waals surface area (Å²) in [6.45, 7) is 4.31. The van der Waals surface area contributed by atoms with Gasteiger partial charge in [-0.05, 0) is 43.2 Å². The number of benzene rings is 1. The second-order valence-corrected chi connectivity index (χ2v) is 6.10. The average Bonchev–Trinajstić information content (AvgIpc) is 3.15. The van der Waals surface area contributed by atoms with E-state index in [1.165, 1.54) is 4.88 Å². The average molecular weight is 303 g/mol. The molecule has 0 aliphatic carbocycles. The van der Waals surface area contributed by atoms with Gasteiger partial charge in [0, 0.05) is 4.88 Å². The van der Waals surface area contributed by atoms with Gasteiger partial charge in [0.05, 0.1) is 10.9 Å². The number of rotatable bonds is 4. The van der Waals surface area contributed by atoms with Gasteiger partial charge in [0.1, 0.15) is 0 Å². The smallest absolute Gasteiger partial charge is 0.261 e. The van der Waals surface area contributed by atoms with Crippen molar-refractivity contribution in [1.82, 2.24) is 5.32 Å². The van der Waals surface area contributed by atoms with Crippen LogP contribution in [0.15, 0.2) is 30.3 Å². The van der Waals surface area contributed by atoms with Crippen LogP contribution in [0.2, 0.25) is 0 Å². The molecule has 21 heavy (non-hydrogen) atoms. The molecule has 0 spiro atoms. The molecule has 0 saturated carbocycles. The molecule has 0 fully saturated rings. The number of fused-ring (bicyclic) bond motifs is 1. The summed E-state index contributed by atoms with van der Waals surface area (Å²) in [6.07, 6.45) is 0.954. The van der Waals surface area contributed by atoms with Crippen molar-refractivity contribution in [3.05, 3.63) is 45.6 Å². The molecule has 110 valence electrons. The Morgan fingerprint density at radius 3 is 2.86 bits per heavy atom. The summed E-state index contributed by atoms with van der Waals surface area (Å²) < 4.78 is 10.7. The molecule has 0 saturated heterocycles. The quantitative estimate of drug-likeness (QED) is 0.940. The first-order valence-electron chi connectivity index (χ1n) is 6.96. The van der Waals surface area contributed by atoms with Gasteiger partial charge in [0.2, 0.25) is 6.79 Å². The zero-order chi connectivity index (χ0) is 14.8. The predicted molar refractivity (Wildman–Crippen MR) is 82.1 cm³/mol. The van der Waals surface area contributed by atoms with Crippen LogP contribution >= 0.6 is 11.3 Å². The van der Waals surface area contributed by atoms with E-state index in [1.54, 1.807) is 11.3 Å². The summed E-state index contributed by atoms with van der Waals surface area (Å²) in [5.41, 5.74) is 1.000. The van der Waals surface area contributed by atoms with Crippen LogP contribution in [0.3, 0.4) is 0 Å².